The van der Waals surface area contributed by atoms with E-state index in [0.29, 0.717) is 16.8 Å². The average Bonchev–Trinajstić information content (AvgIpc) is 3.41. The topological polar surface area (TPSA) is 108 Å². The molecular weight excluding hydrogens is 524 g/mol. The molecule has 0 spiro atoms. The molecule has 204 valence electrons. The van der Waals surface area contributed by atoms with E-state index in [2.05, 4.69) is 9.71 Å². The Balaban J connectivity index is 1.44. The van der Waals surface area contributed by atoms with Crippen molar-refractivity contribution < 1.29 is 23.1 Å². The first-order chi connectivity index (χ1) is 19.3. The van der Waals surface area contributed by atoms with Crippen LogP contribution in [-0.4, -0.2) is 30.5 Å². The molecular formula is C32H30N2O5S. The number of aromatic amines is 1. The lowest BCUT2D eigenvalue weighted by Gasteiger charge is -2.21. The van der Waals surface area contributed by atoms with Crippen LogP contribution in [0.1, 0.15) is 34.1 Å². The minimum absolute atomic E-state index is 0.00176. The molecule has 1 aromatic heterocycles. The first-order valence-corrected chi connectivity index (χ1v) is 14.4. The van der Waals surface area contributed by atoms with Crippen LogP contribution in [0.25, 0.3) is 10.9 Å². The maximum atomic E-state index is 13.3. The van der Waals surface area contributed by atoms with Crippen LogP contribution in [0.5, 0.6) is 0 Å². The van der Waals surface area contributed by atoms with E-state index in [1.807, 2.05) is 67.6 Å². The number of aryl methyl sites for hydroxylation is 1. The van der Waals surface area contributed by atoms with E-state index in [0.717, 1.165) is 22.0 Å². The lowest BCUT2D eigenvalue weighted by atomic mass is 9.95. The van der Waals surface area contributed by atoms with Gasteiger partial charge in [0.25, 0.3) is 0 Å². The zero-order valence-corrected chi connectivity index (χ0v) is 22.8. The number of ether oxygens (including phenoxy) is 1. The fraction of sp³-hybridized carbons (Fsp3) is 0.156. The molecule has 40 heavy (non-hydrogen) atoms. The summed E-state index contributed by atoms with van der Waals surface area (Å²) in [6.07, 6.45) is -1.04. The maximum absolute atomic E-state index is 13.3. The predicted molar refractivity (Wildman–Crippen MR) is 154 cm³/mol. The normalized spacial score (nSPS) is 13.2. The van der Waals surface area contributed by atoms with Gasteiger partial charge in [0.15, 0.2) is 0 Å². The van der Waals surface area contributed by atoms with Crippen molar-refractivity contribution in [3.8, 4) is 0 Å². The summed E-state index contributed by atoms with van der Waals surface area (Å²) in [5, 5.41) is 12.3. The van der Waals surface area contributed by atoms with Crippen LogP contribution in [0, 0.1) is 6.92 Å². The molecule has 0 radical (unpaired) electrons. The van der Waals surface area contributed by atoms with Gasteiger partial charge in [-0.25, -0.2) is 8.42 Å². The van der Waals surface area contributed by atoms with Crippen molar-refractivity contribution in [1.29, 1.82) is 0 Å². The molecule has 5 rings (SSSR count). The van der Waals surface area contributed by atoms with E-state index in [9.17, 15) is 18.3 Å². The monoisotopic (exact) mass is 554 g/mol. The molecule has 0 aliphatic carbocycles. The summed E-state index contributed by atoms with van der Waals surface area (Å²) in [6.45, 7) is 1.87. The molecule has 2 atom stereocenters. The summed E-state index contributed by atoms with van der Waals surface area (Å²) in [4.78, 5) is 16.6. The lowest BCUT2D eigenvalue weighted by molar-refractivity contribution is -0.147. The Bertz CT molecular complexity index is 1680. The number of hydrogen-bond donors (Lipinski definition) is 3. The molecule has 8 heteroatoms. The lowest BCUT2D eigenvalue weighted by Crippen LogP contribution is -2.43. The Kier molecular flexibility index (Phi) is 8.11. The molecule has 1 heterocycles. The van der Waals surface area contributed by atoms with Crippen molar-refractivity contribution in [2.45, 2.75) is 37.0 Å². The quantitative estimate of drug-likeness (QED) is 0.206. The molecule has 0 aliphatic rings. The number of hydrogen-bond acceptors (Lipinski definition) is 5. The molecule has 1 unspecified atom stereocenters. The molecule has 0 aliphatic heterocycles. The van der Waals surface area contributed by atoms with Crippen molar-refractivity contribution >= 4 is 26.9 Å². The van der Waals surface area contributed by atoms with Crippen LogP contribution in [0.2, 0.25) is 0 Å². The molecule has 4 aromatic carbocycles. The predicted octanol–water partition coefficient (Wildman–Crippen LogP) is 5.19. The van der Waals surface area contributed by atoms with Gasteiger partial charge in [-0.15, -0.1) is 0 Å². The van der Waals surface area contributed by atoms with Crippen LogP contribution in [-0.2, 0) is 32.6 Å². The third kappa shape index (κ3) is 6.31. The minimum Gasteiger partial charge on any atom is -0.460 e. The van der Waals surface area contributed by atoms with E-state index in [4.69, 9.17) is 4.74 Å². The number of aliphatic hydroxyl groups excluding tert-OH is 1. The highest BCUT2D eigenvalue weighted by atomic mass is 32.2. The van der Waals surface area contributed by atoms with Gasteiger partial charge in [0, 0.05) is 11.2 Å². The Hall–Kier alpha value is -4.24. The highest BCUT2D eigenvalue weighted by Gasteiger charge is 2.29. The summed E-state index contributed by atoms with van der Waals surface area (Å²) >= 11 is 0. The van der Waals surface area contributed by atoms with E-state index >= 15 is 0 Å². The van der Waals surface area contributed by atoms with E-state index < -0.39 is 28.1 Å². The summed E-state index contributed by atoms with van der Waals surface area (Å²) in [5.41, 5.74) is 4.36. The number of nitrogens with one attached hydrogen (secondary N) is 2. The van der Waals surface area contributed by atoms with Gasteiger partial charge in [-0.3, -0.25) is 4.79 Å². The van der Waals surface area contributed by atoms with Crippen LogP contribution < -0.4 is 4.72 Å². The van der Waals surface area contributed by atoms with Gasteiger partial charge >= 0.3 is 5.97 Å². The number of para-hydroxylation sites is 1. The van der Waals surface area contributed by atoms with Crippen LogP contribution in [0.15, 0.2) is 114 Å². The van der Waals surface area contributed by atoms with E-state index in [1.54, 1.807) is 36.4 Å². The Morgan fingerprint density at radius 2 is 1.57 bits per heavy atom. The van der Waals surface area contributed by atoms with Gasteiger partial charge in [-0.2, -0.15) is 4.72 Å². The van der Waals surface area contributed by atoms with Crippen molar-refractivity contribution in [3.63, 3.8) is 0 Å². The maximum Gasteiger partial charge on any atom is 0.324 e. The average molecular weight is 555 g/mol. The van der Waals surface area contributed by atoms with E-state index in [1.165, 1.54) is 12.1 Å². The van der Waals surface area contributed by atoms with Crippen LogP contribution >= 0.6 is 0 Å². The molecule has 5 aromatic rings. The third-order valence-corrected chi connectivity index (χ3v) is 8.24. The second-order valence-corrected chi connectivity index (χ2v) is 11.4. The number of carbonyl (C=O) groups is 1. The standard InChI is InChI=1S/C32H30N2O5S/c1-22-15-17-26(18-16-22)40(37,38)34-30(32(36)39-21-23-9-3-2-4-10-23)19-24-11-5-7-13-27(24)31(35)29-20-25-12-6-8-14-28(25)33-29/h2-18,20,30-31,33-35H,19,21H2,1H3/t30-,31?/m0/s1. The SMILES string of the molecule is Cc1ccc(S(=O)(=O)N[C@@H](Cc2ccccc2C(O)c2cc3ccccc3[nH]2)C(=O)OCc2ccccc2)cc1. The molecule has 0 saturated carbocycles. The van der Waals surface area contributed by atoms with Crippen LogP contribution in [0.3, 0.4) is 0 Å². The first kappa shape index (κ1) is 27.3. The second kappa shape index (κ2) is 11.9. The van der Waals surface area contributed by atoms with Crippen molar-refractivity contribution in [1.82, 2.24) is 9.71 Å². The molecule has 0 amide bonds. The molecule has 0 fully saturated rings. The van der Waals surface area contributed by atoms with Crippen LogP contribution in [0.4, 0.5) is 0 Å². The summed E-state index contributed by atoms with van der Waals surface area (Å²) < 4.78 is 34.7. The Morgan fingerprint density at radius 1 is 0.900 bits per heavy atom. The van der Waals surface area contributed by atoms with E-state index in [-0.39, 0.29) is 17.9 Å². The zero-order valence-electron chi connectivity index (χ0n) is 21.9. The summed E-state index contributed by atoms with van der Waals surface area (Å²) in [7, 11) is -4.05. The molecule has 0 bridgehead atoms. The molecule has 3 N–H and O–H groups in total. The van der Waals surface area contributed by atoms with Crippen molar-refractivity contribution in [3.05, 3.63) is 137 Å². The van der Waals surface area contributed by atoms with Gasteiger partial charge < -0.3 is 14.8 Å². The van der Waals surface area contributed by atoms with Crippen molar-refractivity contribution in [2.75, 3.05) is 0 Å². The molecule has 0 saturated heterocycles. The number of rotatable bonds is 10. The van der Waals surface area contributed by atoms with Gasteiger partial charge in [-0.1, -0.05) is 90.5 Å². The number of sulfonamides is 1. The zero-order chi connectivity index (χ0) is 28.1. The Morgan fingerprint density at radius 3 is 2.33 bits per heavy atom. The number of esters is 1. The number of benzene rings is 4. The fourth-order valence-corrected chi connectivity index (χ4v) is 5.78. The number of aromatic nitrogens is 1. The Labute approximate surface area is 233 Å². The number of fused-ring (bicyclic) bond motifs is 1. The molecule has 7 nitrogen and oxygen atoms in total. The number of aliphatic hydroxyl groups is 1. The second-order valence-electron chi connectivity index (χ2n) is 9.70. The fourth-order valence-electron chi connectivity index (χ4n) is 4.59. The third-order valence-electron chi connectivity index (χ3n) is 6.76. The van der Waals surface area contributed by atoms with Gasteiger partial charge in [-0.05, 0) is 59.7 Å². The highest BCUT2D eigenvalue weighted by Crippen LogP contribution is 2.28. The summed E-state index contributed by atoms with van der Waals surface area (Å²) in [5.74, 6) is -0.713. The number of H-pyrrole nitrogens is 1. The summed E-state index contributed by atoms with van der Waals surface area (Å²) in [6, 6.07) is 31.1. The van der Waals surface area contributed by atoms with Gasteiger partial charge in [0.2, 0.25) is 10.0 Å². The van der Waals surface area contributed by atoms with Gasteiger partial charge in [0.05, 0.1) is 4.90 Å². The largest absolute Gasteiger partial charge is 0.460 e. The smallest absolute Gasteiger partial charge is 0.324 e. The minimum atomic E-state index is -4.05. The first-order valence-electron chi connectivity index (χ1n) is 12.9. The highest BCUT2D eigenvalue weighted by molar-refractivity contribution is 7.89. The number of carbonyl (C=O) groups excluding carboxylic acids is 1. The van der Waals surface area contributed by atoms with Crippen molar-refractivity contribution in [2.24, 2.45) is 0 Å². The van der Waals surface area contributed by atoms with Gasteiger partial charge in [0.1, 0.15) is 18.8 Å².